The summed E-state index contributed by atoms with van der Waals surface area (Å²) >= 11 is 0. The molecule has 0 bridgehead atoms. The van der Waals surface area contributed by atoms with Crippen molar-refractivity contribution < 1.29 is 9.50 Å². The number of alkyl halides is 1. The van der Waals surface area contributed by atoms with Crippen molar-refractivity contribution in [2.75, 3.05) is 0 Å². The molecular formula is C10H19FO. The lowest BCUT2D eigenvalue weighted by molar-refractivity contribution is 0.0226. The number of halogens is 1. The Bertz CT molecular complexity index is 125. The van der Waals surface area contributed by atoms with Gasteiger partial charge in [0.25, 0.3) is 0 Å². The molecule has 3 unspecified atom stereocenters. The Morgan fingerprint density at radius 3 is 2.75 bits per heavy atom. The van der Waals surface area contributed by atoms with Gasteiger partial charge in [-0.1, -0.05) is 26.2 Å². The van der Waals surface area contributed by atoms with Crippen LogP contribution in [0.5, 0.6) is 0 Å². The number of hydrogen-bond acceptors (Lipinski definition) is 1. The molecule has 0 saturated heterocycles. The van der Waals surface area contributed by atoms with Gasteiger partial charge in [0.05, 0.1) is 6.10 Å². The topological polar surface area (TPSA) is 20.2 Å². The predicted molar refractivity (Wildman–Crippen MR) is 47.8 cm³/mol. The van der Waals surface area contributed by atoms with E-state index in [9.17, 15) is 4.39 Å². The predicted octanol–water partition coefficient (Wildman–Crippen LogP) is 2.68. The monoisotopic (exact) mass is 174 g/mol. The van der Waals surface area contributed by atoms with Crippen LogP contribution in [0.25, 0.3) is 0 Å². The van der Waals surface area contributed by atoms with Gasteiger partial charge < -0.3 is 5.11 Å². The Balaban J connectivity index is 2.21. The van der Waals surface area contributed by atoms with Crippen LogP contribution >= 0.6 is 0 Å². The first-order chi connectivity index (χ1) is 5.74. The summed E-state index contributed by atoms with van der Waals surface area (Å²) in [5.74, 6) is 0.531. The standard InChI is InChI=1S/C10H19FO/c1-2-3-4-8-5-6-10(12)9(11)7-8/h8-10,12H,2-7H2,1H3. The minimum atomic E-state index is -0.958. The largest absolute Gasteiger partial charge is 0.390 e. The summed E-state index contributed by atoms with van der Waals surface area (Å²) < 4.78 is 13.0. The van der Waals surface area contributed by atoms with E-state index >= 15 is 0 Å². The number of aliphatic hydroxyl groups excluding tert-OH is 1. The van der Waals surface area contributed by atoms with Crippen molar-refractivity contribution in [1.82, 2.24) is 0 Å². The van der Waals surface area contributed by atoms with E-state index in [1.54, 1.807) is 0 Å². The molecule has 0 radical (unpaired) electrons. The van der Waals surface area contributed by atoms with Crippen LogP contribution in [0, 0.1) is 5.92 Å². The molecule has 0 heterocycles. The van der Waals surface area contributed by atoms with Gasteiger partial charge in [-0.05, 0) is 25.2 Å². The second-order valence-electron chi connectivity index (χ2n) is 3.90. The van der Waals surface area contributed by atoms with Gasteiger partial charge in [0, 0.05) is 0 Å². The van der Waals surface area contributed by atoms with E-state index in [0.29, 0.717) is 18.8 Å². The molecule has 1 aliphatic carbocycles. The Kier molecular flexibility index (Phi) is 3.99. The van der Waals surface area contributed by atoms with Crippen molar-refractivity contribution in [3.8, 4) is 0 Å². The molecular weight excluding hydrogens is 155 g/mol. The average Bonchev–Trinajstić information content (AvgIpc) is 2.07. The summed E-state index contributed by atoms with van der Waals surface area (Å²) in [6, 6.07) is 0. The summed E-state index contributed by atoms with van der Waals surface area (Å²) in [4.78, 5) is 0. The second-order valence-corrected chi connectivity index (χ2v) is 3.90. The Labute approximate surface area is 74.0 Å². The Morgan fingerprint density at radius 1 is 1.42 bits per heavy atom. The van der Waals surface area contributed by atoms with Crippen molar-refractivity contribution in [3.05, 3.63) is 0 Å². The average molecular weight is 174 g/mol. The highest BCUT2D eigenvalue weighted by molar-refractivity contribution is 4.79. The van der Waals surface area contributed by atoms with Crippen LogP contribution in [0.3, 0.4) is 0 Å². The van der Waals surface area contributed by atoms with Crippen molar-refractivity contribution in [3.63, 3.8) is 0 Å². The fourth-order valence-electron chi connectivity index (χ4n) is 1.94. The van der Waals surface area contributed by atoms with E-state index in [4.69, 9.17) is 5.11 Å². The highest BCUT2D eigenvalue weighted by Crippen LogP contribution is 2.30. The van der Waals surface area contributed by atoms with Gasteiger partial charge in [-0.15, -0.1) is 0 Å². The van der Waals surface area contributed by atoms with Gasteiger partial charge in [-0.25, -0.2) is 4.39 Å². The van der Waals surface area contributed by atoms with Crippen LogP contribution in [0.2, 0.25) is 0 Å². The van der Waals surface area contributed by atoms with E-state index in [0.717, 1.165) is 12.8 Å². The van der Waals surface area contributed by atoms with E-state index in [1.807, 2.05) is 0 Å². The first-order valence-electron chi connectivity index (χ1n) is 5.06. The smallest absolute Gasteiger partial charge is 0.126 e. The van der Waals surface area contributed by atoms with Crippen molar-refractivity contribution in [2.24, 2.45) is 5.92 Å². The molecule has 1 rings (SSSR count). The zero-order valence-electron chi connectivity index (χ0n) is 7.80. The van der Waals surface area contributed by atoms with Crippen LogP contribution in [0.4, 0.5) is 4.39 Å². The quantitative estimate of drug-likeness (QED) is 0.697. The van der Waals surface area contributed by atoms with Gasteiger partial charge in [0.2, 0.25) is 0 Å². The first kappa shape index (κ1) is 9.97. The molecule has 0 spiro atoms. The van der Waals surface area contributed by atoms with Crippen molar-refractivity contribution >= 4 is 0 Å². The molecule has 0 aliphatic heterocycles. The lowest BCUT2D eigenvalue weighted by Crippen LogP contribution is -2.30. The molecule has 1 fully saturated rings. The summed E-state index contributed by atoms with van der Waals surface area (Å²) in [6.45, 7) is 2.16. The lowest BCUT2D eigenvalue weighted by Gasteiger charge is -2.28. The van der Waals surface area contributed by atoms with Gasteiger partial charge >= 0.3 is 0 Å². The molecule has 0 aromatic heterocycles. The normalized spacial score (nSPS) is 36.8. The second kappa shape index (κ2) is 4.80. The molecule has 12 heavy (non-hydrogen) atoms. The zero-order chi connectivity index (χ0) is 8.97. The number of rotatable bonds is 3. The molecule has 0 aromatic carbocycles. The van der Waals surface area contributed by atoms with Crippen molar-refractivity contribution in [1.29, 1.82) is 0 Å². The Morgan fingerprint density at radius 2 is 2.17 bits per heavy atom. The molecule has 2 heteroatoms. The SMILES string of the molecule is CCCCC1CCC(O)C(F)C1. The lowest BCUT2D eigenvalue weighted by atomic mass is 9.83. The van der Waals surface area contributed by atoms with Crippen LogP contribution in [-0.4, -0.2) is 17.4 Å². The first-order valence-corrected chi connectivity index (χ1v) is 5.06. The highest BCUT2D eigenvalue weighted by atomic mass is 19.1. The fraction of sp³-hybridized carbons (Fsp3) is 1.00. The third kappa shape index (κ3) is 2.74. The number of hydrogen-bond donors (Lipinski definition) is 1. The number of unbranched alkanes of at least 4 members (excludes halogenated alkanes) is 1. The molecule has 1 N–H and O–H groups in total. The molecule has 0 amide bonds. The summed E-state index contributed by atoms with van der Waals surface area (Å²) in [5, 5.41) is 9.15. The molecule has 1 nitrogen and oxygen atoms in total. The van der Waals surface area contributed by atoms with E-state index < -0.39 is 12.3 Å². The summed E-state index contributed by atoms with van der Waals surface area (Å²) in [6.07, 6.45) is 4.16. The minimum Gasteiger partial charge on any atom is -0.390 e. The number of aliphatic hydroxyl groups is 1. The maximum atomic E-state index is 13.0. The van der Waals surface area contributed by atoms with Crippen LogP contribution in [0.1, 0.15) is 45.4 Å². The maximum absolute atomic E-state index is 13.0. The van der Waals surface area contributed by atoms with Gasteiger partial charge in [0.1, 0.15) is 6.17 Å². The van der Waals surface area contributed by atoms with Gasteiger partial charge in [-0.3, -0.25) is 0 Å². The highest BCUT2D eigenvalue weighted by Gasteiger charge is 2.28. The molecule has 1 aliphatic rings. The van der Waals surface area contributed by atoms with E-state index in [-0.39, 0.29) is 0 Å². The third-order valence-electron chi connectivity index (χ3n) is 2.81. The van der Waals surface area contributed by atoms with Gasteiger partial charge in [-0.2, -0.15) is 0 Å². The van der Waals surface area contributed by atoms with Crippen LogP contribution in [-0.2, 0) is 0 Å². The van der Waals surface area contributed by atoms with E-state index in [2.05, 4.69) is 6.92 Å². The van der Waals surface area contributed by atoms with Crippen LogP contribution in [0.15, 0.2) is 0 Å². The molecule has 72 valence electrons. The Hall–Kier alpha value is -0.110. The van der Waals surface area contributed by atoms with Gasteiger partial charge in [0.15, 0.2) is 0 Å². The minimum absolute atomic E-state index is 0.531. The fourth-order valence-corrected chi connectivity index (χ4v) is 1.94. The maximum Gasteiger partial charge on any atom is 0.126 e. The van der Waals surface area contributed by atoms with Crippen molar-refractivity contribution in [2.45, 2.75) is 57.7 Å². The zero-order valence-corrected chi connectivity index (χ0v) is 7.80. The summed E-state index contributed by atoms with van der Waals surface area (Å²) in [7, 11) is 0. The molecule has 3 atom stereocenters. The third-order valence-corrected chi connectivity index (χ3v) is 2.81. The van der Waals surface area contributed by atoms with E-state index in [1.165, 1.54) is 12.8 Å². The molecule has 0 aromatic rings. The van der Waals surface area contributed by atoms with Crippen LogP contribution < -0.4 is 0 Å². The molecule has 1 saturated carbocycles. The summed E-state index contributed by atoms with van der Waals surface area (Å²) in [5.41, 5.74) is 0.